The minimum Gasteiger partial charge on any atom is -0.492 e. The third kappa shape index (κ3) is 5.29. The summed E-state index contributed by atoms with van der Waals surface area (Å²) in [6, 6.07) is 6.30. The molecule has 0 aromatic heterocycles. The quantitative estimate of drug-likeness (QED) is 0.864. The van der Waals surface area contributed by atoms with Crippen LogP contribution in [0.3, 0.4) is 0 Å². The van der Waals surface area contributed by atoms with Crippen LogP contribution in [-0.2, 0) is 17.6 Å². The Morgan fingerprint density at radius 3 is 2.62 bits per heavy atom. The molecule has 116 valence electrons. The lowest BCUT2D eigenvalue weighted by atomic mass is 9.92. The number of hydrogen-bond acceptors (Lipinski definition) is 3. The Labute approximate surface area is 126 Å². The molecule has 1 amide bonds. The Bertz CT molecular complexity index is 491. The van der Waals surface area contributed by atoms with Crippen molar-refractivity contribution < 1.29 is 14.3 Å². The van der Waals surface area contributed by atoms with Crippen LogP contribution < -0.4 is 10.1 Å². The third-order valence-electron chi connectivity index (χ3n) is 3.36. The molecule has 0 radical (unpaired) electrons. The number of ether oxygens (including phenoxy) is 2. The molecule has 0 atom stereocenters. The number of hydrogen-bond donors (Lipinski definition) is 1. The molecule has 1 aromatic carbocycles. The second kappa shape index (κ2) is 6.83. The van der Waals surface area contributed by atoms with Gasteiger partial charge in [0.15, 0.2) is 0 Å². The number of fused-ring (bicyclic) bond motifs is 1. The lowest BCUT2D eigenvalue weighted by molar-refractivity contribution is 0.0520. The Balaban J connectivity index is 1.73. The lowest BCUT2D eigenvalue weighted by Crippen LogP contribution is -2.34. The first-order valence-corrected chi connectivity index (χ1v) is 7.65. The zero-order chi connectivity index (χ0) is 15.3. The van der Waals surface area contributed by atoms with Crippen molar-refractivity contribution in [1.82, 2.24) is 5.32 Å². The van der Waals surface area contributed by atoms with E-state index in [0.29, 0.717) is 13.2 Å². The first-order valence-electron chi connectivity index (χ1n) is 7.65. The number of carbonyl (C=O) groups excluding carboxylic acids is 1. The maximum absolute atomic E-state index is 11.5. The molecule has 0 saturated heterocycles. The van der Waals surface area contributed by atoms with Gasteiger partial charge < -0.3 is 14.8 Å². The zero-order valence-electron chi connectivity index (χ0n) is 13.2. The van der Waals surface area contributed by atoms with Crippen molar-refractivity contribution >= 4 is 6.09 Å². The summed E-state index contributed by atoms with van der Waals surface area (Å²) in [7, 11) is 0. The van der Waals surface area contributed by atoms with E-state index in [4.69, 9.17) is 9.47 Å². The fourth-order valence-electron chi connectivity index (χ4n) is 2.44. The van der Waals surface area contributed by atoms with Gasteiger partial charge in [-0.2, -0.15) is 0 Å². The lowest BCUT2D eigenvalue weighted by Gasteiger charge is -2.20. The molecule has 0 saturated carbocycles. The molecular weight excluding hydrogens is 266 g/mol. The molecule has 4 heteroatoms. The van der Waals surface area contributed by atoms with E-state index < -0.39 is 11.7 Å². The molecule has 2 rings (SSSR count). The van der Waals surface area contributed by atoms with Crippen LogP contribution in [0.1, 0.15) is 44.7 Å². The van der Waals surface area contributed by atoms with Crippen molar-refractivity contribution in [3.8, 4) is 5.75 Å². The number of carbonyl (C=O) groups is 1. The van der Waals surface area contributed by atoms with E-state index in [-0.39, 0.29) is 0 Å². The highest BCUT2D eigenvalue weighted by atomic mass is 16.6. The fraction of sp³-hybridized carbons (Fsp3) is 0.588. The van der Waals surface area contributed by atoms with Crippen molar-refractivity contribution in [1.29, 1.82) is 0 Å². The van der Waals surface area contributed by atoms with Gasteiger partial charge in [-0.25, -0.2) is 4.79 Å². The summed E-state index contributed by atoms with van der Waals surface area (Å²) < 4.78 is 10.8. The molecule has 0 bridgehead atoms. The van der Waals surface area contributed by atoms with Gasteiger partial charge in [0.2, 0.25) is 0 Å². The first kappa shape index (κ1) is 15.7. The standard InChI is InChI=1S/C17H25NO3/c1-17(2,3)21-16(19)18-10-11-20-15-9-8-13-6-4-5-7-14(13)12-15/h8-9,12H,4-7,10-11H2,1-3H3,(H,18,19). The van der Waals surface area contributed by atoms with E-state index >= 15 is 0 Å². The van der Waals surface area contributed by atoms with Crippen molar-refractivity contribution in [3.63, 3.8) is 0 Å². The average molecular weight is 291 g/mol. The molecule has 1 aromatic rings. The highest BCUT2D eigenvalue weighted by Gasteiger charge is 2.15. The van der Waals surface area contributed by atoms with Crippen LogP contribution in [0.15, 0.2) is 18.2 Å². The maximum atomic E-state index is 11.5. The van der Waals surface area contributed by atoms with Crippen LogP contribution in [0.2, 0.25) is 0 Å². The van der Waals surface area contributed by atoms with E-state index in [1.165, 1.54) is 30.4 Å². The fourth-order valence-corrected chi connectivity index (χ4v) is 2.44. The van der Waals surface area contributed by atoms with Crippen LogP contribution in [0.25, 0.3) is 0 Å². The largest absolute Gasteiger partial charge is 0.492 e. The molecule has 0 spiro atoms. The molecule has 1 aliphatic carbocycles. The minimum atomic E-state index is -0.469. The van der Waals surface area contributed by atoms with E-state index in [0.717, 1.165) is 12.2 Å². The molecule has 21 heavy (non-hydrogen) atoms. The second-order valence-corrected chi connectivity index (χ2v) is 6.41. The summed E-state index contributed by atoms with van der Waals surface area (Å²) in [5, 5.41) is 2.69. The highest BCUT2D eigenvalue weighted by molar-refractivity contribution is 5.67. The predicted octanol–water partition coefficient (Wildman–Crippen LogP) is 3.47. The molecule has 0 fully saturated rings. The van der Waals surface area contributed by atoms with Gasteiger partial charge in [0.05, 0.1) is 6.54 Å². The molecule has 0 heterocycles. The number of rotatable bonds is 4. The van der Waals surface area contributed by atoms with Gasteiger partial charge in [0.1, 0.15) is 18.0 Å². The van der Waals surface area contributed by atoms with Gasteiger partial charge >= 0.3 is 6.09 Å². The first-order chi connectivity index (χ1) is 9.94. The van der Waals surface area contributed by atoms with Gasteiger partial charge in [0.25, 0.3) is 0 Å². The molecule has 1 N–H and O–H groups in total. The van der Waals surface area contributed by atoms with Gasteiger partial charge in [-0.3, -0.25) is 0 Å². The maximum Gasteiger partial charge on any atom is 0.407 e. The van der Waals surface area contributed by atoms with E-state index in [1.54, 1.807) is 0 Å². The molecule has 0 aliphatic heterocycles. The number of benzene rings is 1. The second-order valence-electron chi connectivity index (χ2n) is 6.41. The summed E-state index contributed by atoms with van der Waals surface area (Å²) in [6.07, 6.45) is 4.46. The van der Waals surface area contributed by atoms with Crippen LogP contribution in [-0.4, -0.2) is 24.8 Å². The van der Waals surface area contributed by atoms with Crippen LogP contribution in [0.5, 0.6) is 5.75 Å². The summed E-state index contributed by atoms with van der Waals surface area (Å²) in [4.78, 5) is 11.5. The molecule has 1 aliphatic rings. The summed E-state index contributed by atoms with van der Waals surface area (Å²) in [5.74, 6) is 0.877. The average Bonchev–Trinajstić information content (AvgIpc) is 2.41. The summed E-state index contributed by atoms with van der Waals surface area (Å²) >= 11 is 0. The number of aryl methyl sites for hydroxylation is 2. The number of nitrogens with one attached hydrogen (secondary N) is 1. The van der Waals surface area contributed by atoms with E-state index in [1.807, 2.05) is 26.8 Å². The smallest absolute Gasteiger partial charge is 0.407 e. The molecule has 4 nitrogen and oxygen atoms in total. The number of amides is 1. The van der Waals surface area contributed by atoms with Crippen LogP contribution >= 0.6 is 0 Å². The van der Waals surface area contributed by atoms with Crippen molar-refractivity contribution in [2.75, 3.05) is 13.2 Å². The van der Waals surface area contributed by atoms with Gasteiger partial charge in [-0.1, -0.05) is 6.07 Å². The molecule has 0 unspecified atom stereocenters. The van der Waals surface area contributed by atoms with Gasteiger partial charge in [0, 0.05) is 0 Å². The third-order valence-corrected chi connectivity index (χ3v) is 3.36. The summed E-state index contributed by atoms with van der Waals surface area (Å²) in [6.45, 7) is 6.41. The van der Waals surface area contributed by atoms with E-state index in [2.05, 4.69) is 17.4 Å². The SMILES string of the molecule is CC(C)(C)OC(=O)NCCOc1ccc2c(c1)CCCC2. The summed E-state index contributed by atoms with van der Waals surface area (Å²) in [5.41, 5.74) is 2.38. The topological polar surface area (TPSA) is 47.6 Å². The Kier molecular flexibility index (Phi) is 5.10. The normalized spacial score (nSPS) is 14.2. The zero-order valence-corrected chi connectivity index (χ0v) is 13.2. The van der Waals surface area contributed by atoms with Crippen LogP contribution in [0.4, 0.5) is 4.79 Å². The van der Waals surface area contributed by atoms with Crippen LogP contribution in [0, 0.1) is 0 Å². The van der Waals surface area contributed by atoms with E-state index in [9.17, 15) is 4.79 Å². The van der Waals surface area contributed by atoms with Crippen molar-refractivity contribution in [3.05, 3.63) is 29.3 Å². The predicted molar refractivity (Wildman–Crippen MR) is 82.8 cm³/mol. The van der Waals surface area contributed by atoms with Crippen molar-refractivity contribution in [2.45, 2.75) is 52.1 Å². The van der Waals surface area contributed by atoms with Gasteiger partial charge in [-0.05, 0) is 69.7 Å². The highest BCUT2D eigenvalue weighted by Crippen LogP contribution is 2.25. The van der Waals surface area contributed by atoms with Gasteiger partial charge in [-0.15, -0.1) is 0 Å². The molecular formula is C17H25NO3. The Morgan fingerprint density at radius 2 is 1.90 bits per heavy atom. The Hall–Kier alpha value is -1.71. The monoisotopic (exact) mass is 291 g/mol. The Morgan fingerprint density at radius 1 is 1.19 bits per heavy atom. The minimum absolute atomic E-state index is 0.406. The van der Waals surface area contributed by atoms with Crippen molar-refractivity contribution in [2.24, 2.45) is 0 Å². The number of alkyl carbamates (subject to hydrolysis) is 1.